The van der Waals surface area contributed by atoms with Crippen LogP contribution in [0.3, 0.4) is 0 Å². The second-order valence-electron chi connectivity index (χ2n) is 8.85. The molecule has 0 bridgehead atoms. The van der Waals surface area contributed by atoms with E-state index in [-0.39, 0.29) is 41.9 Å². The van der Waals surface area contributed by atoms with E-state index < -0.39 is 0 Å². The van der Waals surface area contributed by atoms with Gasteiger partial charge in [0.15, 0.2) is 11.6 Å². The van der Waals surface area contributed by atoms with Crippen molar-refractivity contribution in [3.63, 3.8) is 0 Å². The molecule has 2 aromatic carbocycles. The lowest BCUT2D eigenvalue weighted by Crippen LogP contribution is -2.50. The van der Waals surface area contributed by atoms with Gasteiger partial charge in [-0.05, 0) is 60.7 Å². The molecular weight excluding hydrogens is 430 g/mol. The normalized spacial score (nSPS) is 15.8. The van der Waals surface area contributed by atoms with Crippen molar-refractivity contribution in [3.05, 3.63) is 83.4 Å². The molecule has 2 aliphatic rings. The van der Waals surface area contributed by atoms with E-state index in [0.29, 0.717) is 6.10 Å². The molecule has 34 heavy (non-hydrogen) atoms. The molecule has 0 unspecified atom stereocenters. The van der Waals surface area contributed by atoms with Crippen molar-refractivity contribution in [3.8, 4) is 11.5 Å². The van der Waals surface area contributed by atoms with Gasteiger partial charge in [0.25, 0.3) is 0 Å². The Labute approximate surface area is 198 Å². The van der Waals surface area contributed by atoms with Crippen molar-refractivity contribution >= 4 is 11.6 Å². The summed E-state index contributed by atoms with van der Waals surface area (Å²) in [6.07, 6.45) is 5.63. The fraction of sp³-hybridized carbons (Fsp3) is 0.333. The first-order chi connectivity index (χ1) is 16.6. The summed E-state index contributed by atoms with van der Waals surface area (Å²) in [5.74, 6) is 1.30. The summed E-state index contributed by atoms with van der Waals surface area (Å²) in [7, 11) is 0. The lowest BCUT2D eigenvalue weighted by Gasteiger charge is -2.27. The van der Waals surface area contributed by atoms with Crippen molar-refractivity contribution < 1.29 is 19.1 Å². The predicted molar refractivity (Wildman–Crippen MR) is 127 cm³/mol. The Hall–Kier alpha value is -3.58. The van der Waals surface area contributed by atoms with Crippen molar-refractivity contribution in [1.29, 1.82) is 0 Å². The van der Waals surface area contributed by atoms with Gasteiger partial charge in [0.2, 0.25) is 0 Å². The molecule has 2 fully saturated rings. The first-order valence-electron chi connectivity index (χ1n) is 11.7. The number of ether oxygens (including phenoxy) is 2. The highest BCUT2D eigenvalue weighted by Gasteiger charge is 2.20. The quantitative estimate of drug-likeness (QED) is 0.465. The number of carbonyl (C=O) groups is 2. The van der Waals surface area contributed by atoms with Gasteiger partial charge in [-0.25, -0.2) is 9.97 Å². The van der Waals surface area contributed by atoms with Gasteiger partial charge in [0, 0.05) is 25.9 Å². The number of nitrogens with zero attached hydrogens (tertiary/aromatic N) is 2. The summed E-state index contributed by atoms with van der Waals surface area (Å²) in [6, 6.07) is 16.6. The molecule has 2 heterocycles. The topological polar surface area (TPSA) is 90.4 Å². The van der Waals surface area contributed by atoms with Crippen LogP contribution >= 0.6 is 0 Å². The molecule has 1 saturated heterocycles. The minimum Gasteiger partial charge on any atom is -0.490 e. The molecule has 174 valence electrons. The van der Waals surface area contributed by atoms with Crippen molar-refractivity contribution in [2.75, 3.05) is 13.1 Å². The number of rotatable bonds is 10. The molecule has 1 N–H and O–H groups in total. The SMILES string of the molecule is O=C(Cc1ccc(OC2CCC2)cc1)c1cc(C(=O)Cc2ccc(OC3CNC3)cc2)ncn1. The van der Waals surface area contributed by atoms with Gasteiger partial charge in [-0.2, -0.15) is 0 Å². The third kappa shape index (κ3) is 5.48. The second-order valence-corrected chi connectivity index (χ2v) is 8.85. The largest absolute Gasteiger partial charge is 0.490 e. The smallest absolute Gasteiger partial charge is 0.185 e. The molecule has 5 rings (SSSR count). The maximum atomic E-state index is 12.8. The highest BCUT2D eigenvalue weighted by atomic mass is 16.5. The lowest BCUT2D eigenvalue weighted by molar-refractivity contribution is 0.0986. The first-order valence-corrected chi connectivity index (χ1v) is 11.7. The predicted octanol–water partition coefficient (Wildman–Crippen LogP) is 3.61. The van der Waals surface area contributed by atoms with Gasteiger partial charge < -0.3 is 14.8 Å². The highest BCUT2D eigenvalue weighted by Crippen LogP contribution is 2.25. The van der Waals surface area contributed by atoms with E-state index in [2.05, 4.69) is 15.3 Å². The highest BCUT2D eigenvalue weighted by molar-refractivity contribution is 6.00. The molecule has 0 spiro atoms. The Balaban J connectivity index is 1.17. The zero-order valence-electron chi connectivity index (χ0n) is 18.9. The van der Waals surface area contributed by atoms with E-state index in [0.717, 1.165) is 48.6 Å². The zero-order valence-corrected chi connectivity index (χ0v) is 18.9. The number of nitrogens with one attached hydrogen (secondary N) is 1. The second kappa shape index (κ2) is 10.1. The van der Waals surface area contributed by atoms with Crippen LogP contribution in [-0.2, 0) is 12.8 Å². The maximum absolute atomic E-state index is 12.8. The standard InChI is InChI=1S/C27H27N3O4/c31-26(12-18-4-8-21(9-5-18)33-20-2-1-3-20)24-14-25(30-17-29-24)27(32)13-19-6-10-22(11-7-19)34-23-15-28-16-23/h4-11,14,17,20,23,28H,1-3,12-13,15-16H2. The van der Waals surface area contributed by atoms with Crippen LogP contribution in [0.2, 0.25) is 0 Å². The van der Waals surface area contributed by atoms with Crippen LogP contribution in [0.15, 0.2) is 60.9 Å². The van der Waals surface area contributed by atoms with Crippen molar-refractivity contribution in [2.45, 2.75) is 44.3 Å². The number of ketones is 2. The Morgan fingerprint density at radius 3 is 1.68 bits per heavy atom. The van der Waals surface area contributed by atoms with E-state index in [1.165, 1.54) is 18.8 Å². The number of aromatic nitrogens is 2. The monoisotopic (exact) mass is 457 g/mol. The van der Waals surface area contributed by atoms with Crippen LogP contribution in [0.25, 0.3) is 0 Å². The number of hydrogen-bond donors (Lipinski definition) is 1. The Kier molecular flexibility index (Phi) is 6.62. The fourth-order valence-electron chi connectivity index (χ4n) is 3.81. The number of hydrogen-bond acceptors (Lipinski definition) is 7. The average molecular weight is 458 g/mol. The van der Waals surface area contributed by atoms with Crippen molar-refractivity contribution in [2.24, 2.45) is 0 Å². The third-order valence-corrected chi connectivity index (χ3v) is 6.22. The summed E-state index contributed by atoms with van der Waals surface area (Å²) in [5.41, 5.74) is 2.21. The molecule has 1 aliphatic heterocycles. The minimum absolute atomic E-state index is 0.156. The van der Waals surface area contributed by atoms with E-state index in [4.69, 9.17) is 9.47 Å². The molecule has 1 aromatic heterocycles. The molecule has 3 aromatic rings. The van der Waals surface area contributed by atoms with Gasteiger partial charge in [0.1, 0.15) is 35.3 Å². The summed E-state index contributed by atoms with van der Waals surface area (Å²) in [6.45, 7) is 1.71. The average Bonchev–Trinajstić information content (AvgIpc) is 2.81. The van der Waals surface area contributed by atoms with Crippen LogP contribution in [-0.4, -0.2) is 46.8 Å². The molecule has 7 heteroatoms. The van der Waals surface area contributed by atoms with Crippen LogP contribution < -0.4 is 14.8 Å². The number of Topliss-reactive ketones (excluding diaryl/α,β-unsaturated/α-hetero) is 2. The van der Waals surface area contributed by atoms with Crippen molar-refractivity contribution in [1.82, 2.24) is 15.3 Å². The lowest BCUT2D eigenvalue weighted by atomic mass is 9.96. The van der Waals surface area contributed by atoms with Crippen LogP contribution in [0.4, 0.5) is 0 Å². The van der Waals surface area contributed by atoms with Crippen LogP contribution in [0, 0.1) is 0 Å². The molecule has 0 amide bonds. The molecule has 1 saturated carbocycles. The van der Waals surface area contributed by atoms with Gasteiger partial charge in [-0.15, -0.1) is 0 Å². The van der Waals surface area contributed by atoms with Gasteiger partial charge in [0.05, 0.1) is 6.10 Å². The van der Waals surface area contributed by atoms with E-state index in [1.54, 1.807) is 0 Å². The molecule has 0 atom stereocenters. The summed E-state index contributed by atoms with van der Waals surface area (Å²) < 4.78 is 11.7. The third-order valence-electron chi connectivity index (χ3n) is 6.22. The summed E-state index contributed by atoms with van der Waals surface area (Å²) in [5, 5.41) is 3.16. The van der Waals surface area contributed by atoms with E-state index in [9.17, 15) is 9.59 Å². The van der Waals surface area contributed by atoms with Gasteiger partial charge >= 0.3 is 0 Å². The molecule has 1 aliphatic carbocycles. The Bertz CT molecular complexity index is 1060. The number of carbonyl (C=O) groups excluding carboxylic acids is 2. The van der Waals surface area contributed by atoms with E-state index in [1.807, 2.05) is 48.5 Å². The summed E-state index contributed by atoms with van der Waals surface area (Å²) in [4.78, 5) is 33.7. The van der Waals surface area contributed by atoms with Crippen LogP contribution in [0.5, 0.6) is 11.5 Å². The van der Waals surface area contributed by atoms with Gasteiger partial charge in [-0.1, -0.05) is 24.3 Å². The number of benzene rings is 2. The maximum Gasteiger partial charge on any atom is 0.185 e. The molecular formula is C27H27N3O4. The zero-order chi connectivity index (χ0) is 23.3. The Morgan fingerprint density at radius 1 is 0.765 bits per heavy atom. The van der Waals surface area contributed by atoms with E-state index >= 15 is 0 Å². The first kappa shape index (κ1) is 22.2. The Morgan fingerprint density at radius 2 is 1.26 bits per heavy atom. The summed E-state index contributed by atoms with van der Waals surface area (Å²) >= 11 is 0. The van der Waals surface area contributed by atoms with Crippen LogP contribution in [0.1, 0.15) is 51.4 Å². The fourth-order valence-corrected chi connectivity index (χ4v) is 3.81. The molecule has 0 radical (unpaired) electrons. The van der Waals surface area contributed by atoms with Gasteiger partial charge in [-0.3, -0.25) is 9.59 Å². The molecule has 7 nitrogen and oxygen atoms in total. The minimum atomic E-state index is -0.161.